The summed E-state index contributed by atoms with van der Waals surface area (Å²) in [7, 11) is 0. The van der Waals surface area contributed by atoms with Crippen molar-refractivity contribution in [1.29, 1.82) is 0 Å². The van der Waals surface area contributed by atoms with Gasteiger partial charge in [0.15, 0.2) is 0 Å². The van der Waals surface area contributed by atoms with Crippen LogP contribution in [0.4, 0.5) is 11.4 Å². The summed E-state index contributed by atoms with van der Waals surface area (Å²) in [5, 5.41) is 13.9. The van der Waals surface area contributed by atoms with Crippen LogP contribution in [0.2, 0.25) is 0 Å². The third-order valence-corrected chi connectivity index (χ3v) is 4.16. The van der Waals surface area contributed by atoms with Crippen molar-refractivity contribution in [3.05, 3.63) is 34.4 Å². The van der Waals surface area contributed by atoms with E-state index < -0.39 is 4.92 Å². The lowest BCUT2D eigenvalue weighted by Crippen LogP contribution is -2.35. The lowest BCUT2D eigenvalue weighted by molar-refractivity contribution is -0.384. The van der Waals surface area contributed by atoms with Crippen LogP contribution in [0.15, 0.2) is 24.3 Å². The molecule has 1 aromatic carbocycles. The fourth-order valence-electron chi connectivity index (χ4n) is 2.65. The van der Waals surface area contributed by atoms with E-state index in [0.717, 1.165) is 13.0 Å². The van der Waals surface area contributed by atoms with Gasteiger partial charge in [-0.05, 0) is 24.4 Å². The Morgan fingerprint density at radius 1 is 1.50 bits per heavy atom. The van der Waals surface area contributed by atoms with Gasteiger partial charge in [0.05, 0.1) is 4.92 Å². The summed E-state index contributed by atoms with van der Waals surface area (Å²) in [5.41, 5.74) is 6.21. The van der Waals surface area contributed by atoms with E-state index in [0.29, 0.717) is 31.7 Å². The Morgan fingerprint density at radius 3 is 2.86 bits per heavy atom. The first-order valence-corrected chi connectivity index (χ1v) is 7.40. The summed E-state index contributed by atoms with van der Waals surface area (Å²) in [6.45, 7) is 4.46. The standard InChI is InChI=1S/C15H22N4O3/c1-15(10-16)7-9-18(11-15)14(20)6-8-17-12-4-2-3-5-13(12)19(21)22/h2-5,17H,6-11,16H2,1H3. The van der Waals surface area contributed by atoms with Crippen molar-refractivity contribution in [3.8, 4) is 0 Å². The minimum atomic E-state index is -0.433. The Morgan fingerprint density at radius 2 is 2.23 bits per heavy atom. The Labute approximate surface area is 129 Å². The maximum absolute atomic E-state index is 12.2. The molecule has 2 rings (SSSR count). The van der Waals surface area contributed by atoms with Crippen molar-refractivity contribution in [2.75, 3.05) is 31.5 Å². The van der Waals surface area contributed by atoms with Crippen molar-refractivity contribution in [1.82, 2.24) is 4.90 Å². The minimum absolute atomic E-state index is 0.0152. The van der Waals surface area contributed by atoms with Gasteiger partial charge < -0.3 is 16.0 Å². The number of likely N-dealkylation sites (tertiary alicyclic amines) is 1. The number of nitro benzene ring substituents is 1. The highest BCUT2D eigenvalue weighted by Crippen LogP contribution is 2.29. The summed E-state index contributed by atoms with van der Waals surface area (Å²) >= 11 is 0. The molecule has 0 aromatic heterocycles. The molecule has 1 amide bonds. The maximum atomic E-state index is 12.2. The predicted molar refractivity (Wildman–Crippen MR) is 84.6 cm³/mol. The molecule has 7 heteroatoms. The number of nitrogens with zero attached hydrogens (tertiary/aromatic N) is 2. The largest absolute Gasteiger partial charge is 0.379 e. The second-order valence-electron chi connectivity index (χ2n) is 6.03. The lowest BCUT2D eigenvalue weighted by Gasteiger charge is -2.22. The Hall–Kier alpha value is -2.15. The average molecular weight is 306 g/mol. The number of para-hydroxylation sites is 2. The van der Waals surface area contributed by atoms with E-state index in [4.69, 9.17) is 5.73 Å². The third kappa shape index (κ3) is 3.73. The van der Waals surface area contributed by atoms with Crippen molar-refractivity contribution < 1.29 is 9.72 Å². The summed E-state index contributed by atoms with van der Waals surface area (Å²) < 4.78 is 0. The average Bonchev–Trinajstić information content (AvgIpc) is 2.91. The van der Waals surface area contributed by atoms with Gasteiger partial charge in [0.25, 0.3) is 5.69 Å². The molecule has 1 unspecified atom stereocenters. The molecule has 120 valence electrons. The molecule has 1 heterocycles. The highest BCUT2D eigenvalue weighted by molar-refractivity contribution is 5.77. The summed E-state index contributed by atoms with van der Waals surface area (Å²) in [5.74, 6) is 0.0586. The number of rotatable bonds is 6. The highest BCUT2D eigenvalue weighted by atomic mass is 16.6. The van der Waals surface area contributed by atoms with Crippen LogP contribution in [-0.4, -0.2) is 41.9 Å². The van der Waals surface area contributed by atoms with Gasteiger partial charge in [0, 0.05) is 32.1 Å². The Kier molecular flexibility index (Phi) is 4.97. The number of nitrogens with one attached hydrogen (secondary N) is 1. The molecule has 1 aromatic rings. The van der Waals surface area contributed by atoms with Crippen LogP contribution in [0.3, 0.4) is 0 Å². The zero-order valence-corrected chi connectivity index (χ0v) is 12.7. The quantitative estimate of drug-likeness (QED) is 0.614. The molecule has 22 heavy (non-hydrogen) atoms. The normalized spacial score (nSPS) is 20.9. The molecule has 0 radical (unpaired) electrons. The molecule has 3 N–H and O–H groups in total. The fourth-order valence-corrected chi connectivity index (χ4v) is 2.65. The first-order chi connectivity index (χ1) is 10.4. The number of amides is 1. The van der Waals surface area contributed by atoms with Crippen molar-refractivity contribution >= 4 is 17.3 Å². The molecule has 1 aliphatic heterocycles. The molecule has 0 spiro atoms. The van der Waals surface area contributed by atoms with Crippen molar-refractivity contribution in [3.63, 3.8) is 0 Å². The maximum Gasteiger partial charge on any atom is 0.292 e. The van der Waals surface area contributed by atoms with Crippen LogP contribution in [-0.2, 0) is 4.79 Å². The zero-order valence-electron chi connectivity index (χ0n) is 12.7. The minimum Gasteiger partial charge on any atom is -0.379 e. The SMILES string of the molecule is CC1(CN)CCN(C(=O)CCNc2ccccc2[N+](=O)[O-])C1. The van der Waals surface area contributed by atoms with Crippen LogP contribution in [0.5, 0.6) is 0 Å². The van der Waals surface area contributed by atoms with E-state index >= 15 is 0 Å². The number of carbonyl (C=O) groups is 1. The van der Waals surface area contributed by atoms with Crippen molar-refractivity contribution in [2.45, 2.75) is 19.8 Å². The topological polar surface area (TPSA) is 102 Å². The van der Waals surface area contributed by atoms with Gasteiger partial charge in [0.1, 0.15) is 5.69 Å². The predicted octanol–water partition coefficient (Wildman–Crippen LogP) is 1.59. The number of carbonyl (C=O) groups excluding carboxylic acids is 1. The molecule has 1 atom stereocenters. The number of hydrogen-bond acceptors (Lipinski definition) is 5. The van der Waals surface area contributed by atoms with Gasteiger partial charge in [0.2, 0.25) is 5.91 Å². The second-order valence-corrected chi connectivity index (χ2v) is 6.03. The number of anilines is 1. The van der Waals surface area contributed by atoms with E-state index in [2.05, 4.69) is 12.2 Å². The number of nitrogens with two attached hydrogens (primary N) is 1. The van der Waals surface area contributed by atoms with Crippen LogP contribution in [0.25, 0.3) is 0 Å². The van der Waals surface area contributed by atoms with Gasteiger partial charge in [-0.25, -0.2) is 0 Å². The van der Waals surface area contributed by atoms with Gasteiger partial charge in [-0.1, -0.05) is 19.1 Å². The molecular weight excluding hydrogens is 284 g/mol. The van der Waals surface area contributed by atoms with Crippen molar-refractivity contribution in [2.24, 2.45) is 11.1 Å². The monoisotopic (exact) mass is 306 g/mol. The Balaban J connectivity index is 1.85. The first-order valence-electron chi connectivity index (χ1n) is 7.40. The summed E-state index contributed by atoms with van der Waals surface area (Å²) in [6, 6.07) is 6.43. The molecule has 1 saturated heterocycles. The molecule has 0 aliphatic carbocycles. The second kappa shape index (κ2) is 6.74. The van der Waals surface area contributed by atoms with Crippen LogP contribution < -0.4 is 11.1 Å². The Bertz CT molecular complexity index is 563. The van der Waals surface area contributed by atoms with Gasteiger partial charge in [-0.15, -0.1) is 0 Å². The molecule has 1 fully saturated rings. The van der Waals surface area contributed by atoms with Crippen LogP contribution >= 0.6 is 0 Å². The molecule has 7 nitrogen and oxygen atoms in total. The lowest BCUT2D eigenvalue weighted by atomic mass is 9.90. The molecular formula is C15H22N4O3. The van der Waals surface area contributed by atoms with Crippen LogP contribution in [0.1, 0.15) is 19.8 Å². The van der Waals surface area contributed by atoms with E-state index in [1.165, 1.54) is 6.07 Å². The van der Waals surface area contributed by atoms with E-state index in [9.17, 15) is 14.9 Å². The summed E-state index contributed by atoms with van der Waals surface area (Å²) in [4.78, 5) is 24.5. The smallest absolute Gasteiger partial charge is 0.292 e. The number of nitro groups is 1. The van der Waals surface area contributed by atoms with E-state index in [-0.39, 0.29) is 17.0 Å². The third-order valence-electron chi connectivity index (χ3n) is 4.16. The van der Waals surface area contributed by atoms with Crippen LogP contribution in [0, 0.1) is 15.5 Å². The number of benzene rings is 1. The van der Waals surface area contributed by atoms with Gasteiger partial charge in [-0.3, -0.25) is 14.9 Å². The fraction of sp³-hybridized carbons (Fsp3) is 0.533. The van der Waals surface area contributed by atoms with E-state index in [1.54, 1.807) is 18.2 Å². The van der Waals surface area contributed by atoms with Gasteiger partial charge in [-0.2, -0.15) is 0 Å². The summed E-state index contributed by atoms with van der Waals surface area (Å²) in [6.07, 6.45) is 1.24. The number of hydrogen-bond donors (Lipinski definition) is 2. The zero-order chi connectivity index (χ0) is 16.2. The molecule has 1 aliphatic rings. The molecule has 0 saturated carbocycles. The molecule has 0 bridgehead atoms. The first kappa shape index (κ1) is 16.2. The van der Waals surface area contributed by atoms with E-state index in [1.807, 2.05) is 4.90 Å². The highest BCUT2D eigenvalue weighted by Gasteiger charge is 2.34. The van der Waals surface area contributed by atoms with Gasteiger partial charge >= 0.3 is 0 Å².